The van der Waals surface area contributed by atoms with E-state index in [1.54, 1.807) is 30.3 Å². The van der Waals surface area contributed by atoms with Crippen LogP contribution in [0.15, 0.2) is 52.7 Å². The van der Waals surface area contributed by atoms with Gasteiger partial charge in [0.25, 0.3) is 5.79 Å². The van der Waals surface area contributed by atoms with Crippen LogP contribution in [-0.2, 0) is 0 Å². The molecule has 0 amide bonds. The Morgan fingerprint density at radius 2 is 1.78 bits per heavy atom. The van der Waals surface area contributed by atoms with Crippen molar-refractivity contribution in [3.63, 3.8) is 0 Å². The highest BCUT2D eigenvalue weighted by atomic mass is 16.6. The zero-order valence-electron chi connectivity index (χ0n) is 12.2. The molecule has 3 rings (SSSR count). The van der Waals surface area contributed by atoms with Crippen LogP contribution in [-0.4, -0.2) is 51.4 Å². The molecule has 118 valence electrons. The van der Waals surface area contributed by atoms with Crippen molar-refractivity contribution in [1.82, 2.24) is 9.97 Å². The van der Waals surface area contributed by atoms with E-state index in [-0.39, 0.29) is 17.4 Å². The number of amidine groups is 1. The minimum absolute atomic E-state index is 0.103. The summed E-state index contributed by atoms with van der Waals surface area (Å²) in [5.41, 5.74) is 0. The highest BCUT2D eigenvalue weighted by Crippen LogP contribution is 2.30. The molecule has 1 aliphatic heterocycles. The predicted octanol–water partition coefficient (Wildman–Crippen LogP) is 0.402. The van der Waals surface area contributed by atoms with Gasteiger partial charge in [0.15, 0.2) is 23.2 Å². The maximum atomic E-state index is 10.5. The number of para-hydroxylation sites is 2. The molecule has 1 aromatic carbocycles. The Hall–Kier alpha value is -2.84. The predicted molar refractivity (Wildman–Crippen MR) is 81.6 cm³/mol. The van der Waals surface area contributed by atoms with Crippen molar-refractivity contribution in [1.29, 1.82) is 0 Å². The number of rotatable bonds is 4. The van der Waals surface area contributed by atoms with Gasteiger partial charge >= 0.3 is 0 Å². The third-order valence-corrected chi connectivity index (χ3v) is 3.09. The molecule has 0 spiro atoms. The van der Waals surface area contributed by atoms with Crippen molar-refractivity contribution in [2.24, 2.45) is 9.98 Å². The zero-order valence-corrected chi connectivity index (χ0v) is 12.2. The topological polar surface area (TPSA) is 109 Å². The van der Waals surface area contributed by atoms with Crippen LogP contribution in [0, 0.1) is 0 Å². The van der Waals surface area contributed by atoms with E-state index in [1.165, 1.54) is 19.5 Å². The van der Waals surface area contributed by atoms with E-state index in [4.69, 9.17) is 9.47 Å². The van der Waals surface area contributed by atoms with Gasteiger partial charge in [-0.25, -0.2) is 20.0 Å². The number of nitrogens with zero attached hydrogens (tertiary/aromatic N) is 4. The molecule has 8 heteroatoms. The number of aliphatic hydroxyl groups is 2. The summed E-state index contributed by atoms with van der Waals surface area (Å²) < 4.78 is 10.6. The minimum atomic E-state index is -2.12. The molecule has 8 nitrogen and oxygen atoms in total. The van der Waals surface area contributed by atoms with Crippen molar-refractivity contribution in [3.8, 4) is 11.5 Å². The molecule has 2 N–H and O–H groups in total. The second-order valence-electron chi connectivity index (χ2n) is 4.66. The minimum Gasteiger partial charge on any atom is -0.493 e. The molecule has 0 bridgehead atoms. The smallest absolute Gasteiger partial charge is 0.292 e. The lowest BCUT2D eigenvalue weighted by molar-refractivity contribution is -0.148. The largest absolute Gasteiger partial charge is 0.493 e. The Morgan fingerprint density at radius 1 is 1.09 bits per heavy atom. The van der Waals surface area contributed by atoms with Crippen LogP contribution in [0.3, 0.4) is 0 Å². The van der Waals surface area contributed by atoms with Gasteiger partial charge < -0.3 is 19.7 Å². The average molecular weight is 314 g/mol. The number of aliphatic imine (C=N–C) groups is 2. The molecule has 2 aromatic rings. The highest BCUT2D eigenvalue weighted by molar-refractivity contribution is 6.02. The van der Waals surface area contributed by atoms with Crippen LogP contribution in [0.2, 0.25) is 0 Å². The lowest BCUT2D eigenvalue weighted by Crippen LogP contribution is -2.50. The van der Waals surface area contributed by atoms with Gasteiger partial charge in [0.2, 0.25) is 6.23 Å². The number of hydrogen-bond donors (Lipinski definition) is 2. The molecule has 0 fully saturated rings. The standard InChI is InChI=1S/C15H14N4O4/c1-22-10-5-2-3-6-11(10)23-15(21)9-18-13(19-14(15)20)12-16-7-4-8-17-12/h2-9,14,20-21H,1H3. The molecule has 0 saturated heterocycles. The van der Waals surface area contributed by atoms with Gasteiger partial charge in [-0.2, -0.15) is 0 Å². The molecular formula is C15H14N4O4. The number of hydrogen-bond acceptors (Lipinski definition) is 8. The number of aliphatic hydroxyl groups excluding tert-OH is 1. The maximum Gasteiger partial charge on any atom is 0.292 e. The third kappa shape index (κ3) is 3.03. The van der Waals surface area contributed by atoms with Crippen molar-refractivity contribution < 1.29 is 19.7 Å². The molecule has 0 saturated carbocycles. The summed E-state index contributed by atoms with van der Waals surface area (Å²) >= 11 is 0. The molecule has 1 aromatic heterocycles. The maximum absolute atomic E-state index is 10.5. The Balaban J connectivity index is 1.85. The normalized spacial score (nSPS) is 23.3. The monoisotopic (exact) mass is 314 g/mol. The second-order valence-corrected chi connectivity index (χ2v) is 4.66. The Morgan fingerprint density at radius 3 is 2.43 bits per heavy atom. The van der Waals surface area contributed by atoms with Crippen LogP contribution in [0.1, 0.15) is 5.82 Å². The first-order chi connectivity index (χ1) is 11.1. The van der Waals surface area contributed by atoms with Gasteiger partial charge in [-0.15, -0.1) is 0 Å². The van der Waals surface area contributed by atoms with Crippen LogP contribution in [0.5, 0.6) is 11.5 Å². The van der Waals surface area contributed by atoms with E-state index < -0.39 is 12.0 Å². The second kappa shape index (κ2) is 6.11. The van der Waals surface area contributed by atoms with Gasteiger partial charge in [0.1, 0.15) is 0 Å². The quantitative estimate of drug-likeness (QED) is 0.791. The first kappa shape index (κ1) is 15.1. The first-order valence-electron chi connectivity index (χ1n) is 6.75. The van der Waals surface area contributed by atoms with E-state index in [1.807, 2.05) is 0 Å². The zero-order chi connectivity index (χ0) is 16.3. The van der Waals surface area contributed by atoms with Crippen LogP contribution in [0.25, 0.3) is 0 Å². The molecule has 1 aliphatic rings. The fourth-order valence-corrected chi connectivity index (χ4v) is 1.95. The lowest BCUT2D eigenvalue weighted by atomic mass is 10.2. The van der Waals surface area contributed by atoms with Crippen molar-refractivity contribution in [2.75, 3.05) is 7.11 Å². The molecule has 2 unspecified atom stereocenters. The van der Waals surface area contributed by atoms with Gasteiger partial charge in [0.05, 0.1) is 13.3 Å². The number of ether oxygens (including phenoxy) is 2. The number of methoxy groups -OCH3 is 1. The van der Waals surface area contributed by atoms with Crippen molar-refractivity contribution >= 4 is 12.1 Å². The van der Waals surface area contributed by atoms with E-state index in [0.717, 1.165) is 6.21 Å². The molecule has 2 heterocycles. The fourth-order valence-electron chi connectivity index (χ4n) is 1.95. The van der Waals surface area contributed by atoms with Gasteiger partial charge in [0, 0.05) is 12.4 Å². The highest BCUT2D eigenvalue weighted by Gasteiger charge is 2.40. The summed E-state index contributed by atoms with van der Waals surface area (Å²) in [5.74, 6) is -1.12. The van der Waals surface area contributed by atoms with Gasteiger partial charge in [-0.3, -0.25) is 0 Å². The Bertz CT molecular complexity index is 750. The lowest BCUT2D eigenvalue weighted by Gasteiger charge is -2.30. The Kier molecular flexibility index (Phi) is 4.00. The van der Waals surface area contributed by atoms with Crippen molar-refractivity contribution in [2.45, 2.75) is 12.0 Å². The number of benzene rings is 1. The fraction of sp³-hybridized carbons (Fsp3) is 0.200. The van der Waals surface area contributed by atoms with Crippen LogP contribution >= 0.6 is 0 Å². The summed E-state index contributed by atoms with van der Waals surface area (Å²) in [6.45, 7) is 0. The SMILES string of the molecule is COc1ccccc1OC1(O)C=NC(c2ncccn2)=NC1O. The molecule has 23 heavy (non-hydrogen) atoms. The van der Waals surface area contributed by atoms with Gasteiger partial charge in [-0.1, -0.05) is 12.1 Å². The van der Waals surface area contributed by atoms with Gasteiger partial charge in [-0.05, 0) is 18.2 Å². The molecule has 2 atom stereocenters. The van der Waals surface area contributed by atoms with E-state index in [9.17, 15) is 10.2 Å². The summed E-state index contributed by atoms with van der Waals surface area (Å²) in [4.78, 5) is 15.8. The van der Waals surface area contributed by atoms with E-state index >= 15 is 0 Å². The summed E-state index contributed by atoms with van der Waals surface area (Å²) in [6.07, 6.45) is 2.52. The van der Waals surface area contributed by atoms with Crippen molar-refractivity contribution in [3.05, 3.63) is 48.5 Å². The first-order valence-corrected chi connectivity index (χ1v) is 6.75. The molecule has 0 aliphatic carbocycles. The summed E-state index contributed by atoms with van der Waals surface area (Å²) in [5, 5.41) is 20.6. The molecular weight excluding hydrogens is 300 g/mol. The third-order valence-electron chi connectivity index (χ3n) is 3.09. The number of aromatic nitrogens is 2. The van der Waals surface area contributed by atoms with Crippen LogP contribution < -0.4 is 9.47 Å². The average Bonchev–Trinajstić information content (AvgIpc) is 2.59. The van der Waals surface area contributed by atoms with Crippen LogP contribution in [0.4, 0.5) is 0 Å². The van der Waals surface area contributed by atoms with E-state index in [0.29, 0.717) is 5.75 Å². The molecule has 0 radical (unpaired) electrons. The summed E-state index contributed by atoms with van der Waals surface area (Å²) in [6, 6.07) is 8.37. The summed E-state index contributed by atoms with van der Waals surface area (Å²) in [7, 11) is 1.47. The Labute approximate surface area is 131 Å². The van der Waals surface area contributed by atoms with E-state index in [2.05, 4.69) is 20.0 Å².